The lowest BCUT2D eigenvalue weighted by Gasteiger charge is -2.31. The molecule has 1 fully saturated rings. The van der Waals surface area contributed by atoms with Crippen LogP contribution < -0.4 is 4.90 Å². The molecule has 2 heterocycles. The highest BCUT2D eigenvalue weighted by atomic mass is 32.1. The van der Waals surface area contributed by atoms with Gasteiger partial charge in [-0.1, -0.05) is 32.1 Å². The number of aldehydes is 1. The van der Waals surface area contributed by atoms with Crippen LogP contribution >= 0.6 is 11.3 Å². The maximum Gasteiger partial charge on any atom is 0.185 e. The second-order valence-electron chi connectivity index (χ2n) is 7.20. The van der Waals surface area contributed by atoms with Crippen LogP contribution in [0.2, 0.25) is 0 Å². The van der Waals surface area contributed by atoms with Crippen molar-refractivity contribution in [2.45, 2.75) is 39.0 Å². The van der Waals surface area contributed by atoms with Crippen molar-refractivity contribution in [3.63, 3.8) is 0 Å². The Morgan fingerprint density at radius 3 is 2.48 bits per heavy atom. The average Bonchev–Trinajstić information content (AvgIpc) is 2.85. The van der Waals surface area contributed by atoms with E-state index in [1.165, 1.54) is 37.3 Å². The molecule has 118 valence electrons. The van der Waals surface area contributed by atoms with Gasteiger partial charge in [-0.25, -0.2) is 4.98 Å². The topological polar surface area (TPSA) is 36.4 Å². The average molecular weight is 309 g/mol. The maximum atomic E-state index is 11.3. The minimum absolute atomic E-state index is 0.0839. The molecule has 0 saturated carbocycles. The Balaban J connectivity index is 2.07. The summed E-state index contributed by atoms with van der Waals surface area (Å²) < 4.78 is 0. The molecule has 4 nitrogen and oxygen atoms in total. The standard InChI is InChI=1S/C16H27N3OS/c1-16(2,3)14-13(11-20)21-15(17-14)19(5)10-12-6-8-18(4)9-7-12/h11-12H,6-10H2,1-5H3. The predicted molar refractivity (Wildman–Crippen MR) is 89.7 cm³/mol. The molecule has 0 spiro atoms. The molecule has 5 heteroatoms. The molecule has 0 radical (unpaired) electrons. The summed E-state index contributed by atoms with van der Waals surface area (Å²) in [5.74, 6) is 0.730. The fourth-order valence-electron chi connectivity index (χ4n) is 2.81. The molecule has 1 aromatic heterocycles. The zero-order valence-corrected chi connectivity index (χ0v) is 14.7. The minimum atomic E-state index is -0.0839. The molecule has 1 saturated heterocycles. The van der Waals surface area contributed by atoms with E-state index >= 15 is 0 Å². The SMILES string of the molecule is CN1CCC(CN(C)c2nc(C(C)(C)C)c(C=O)s2)CC1. The molecule has 1 aliphatic heterocycles. The Morgan fingerprint density at radius 2 is 2.00 bits per heavy atom. The van der Waals surface area contributed by atoms with Crippen LogP contribution in [0, 0.1) is 5.92 Å². The number of carbonyl (C=O) groups is 1. The normalized spacial score (nSPS) is 18.0. The molecule has 1 aromatic rings. The molecular formula is C16H27N3OS. The zero-order valence-electron chi connectivity index (χ0n) is 13.8. The Kier molecular flexibility index (Phi) is 5.04. The summed E-state index contributed by atoms with van der Waals surface area (Å²) in [5, 5.41) is 0.973. The number of rotatable bonds is 4. The van der Waals surface area contributed by atoms with Gasteiger partial charge in [-0.2, -0.15) is 0 Å². The van der Waals surface area contributed by atoms with Crippen molar-refractivity contribution in [3.05, 3.63) is 10.6 Å². The molecule has 1 aliphatic rings. The summed E-state index contributed by atoms with van der Waals surface area (Å²) in [4.78, 5) is 21.4. The van der Waals surface area contributed by atoms with Crippen molar-refractivity contribution in [2.24, 2.45) is 5.92 Å². The number of anilines is 1. The smallest absolute Gasteiger partial charge is 0.185 e. The summed E-state index contributed by atoms with van der Waals surface area (Å²) in [6.07, 6.45) is 3.45. The van der Waals surface area contributed by atoms with E-state index < -0.39 is 0 Å². The first-order valence-electron chi connectivity index (χ1n) is 7.67. The first kappa shape index (κ1) is 16.4. The van der Waals surface area contributed by atoms with Gasteiger partial charge in [-0.3, -0.25) is 4.79 Å². The molecule has 2 rings (SSSR count). The van der Waals surface area contributed by atoms with Crippen LogP contribution in [-0.2, 0) is 5.41 Å². The zero-order chi connectivity index (χ0) is 15.6. The van der Waals surface area contributed by atoms with Crippen molar-refractivity contribution in [3.8, 4) is 0 Å². The summed E-state index contributed by atoms with van der Waals surface area (Å²) >= 11 is 1.52. The van der Waals surface area contributed by atoms with Gasteiger partial charge < -0.3 is 9.80 Å². The van der Waals surface area contributed by atoms with Crippen LogP contribution in [0.1, 0.15) is 49.0 Å². The highest BCUT2D eigenvalue weighted by Crippen LogP contribution is 2.33. The van der Waals surface area contributed by atoms with E-state index in [0.717, 1.165) is 34.5 Å². The highest BCUT2D eigenvalue weighted by Gasteiger charge is 2.25. The fourth-order valence-corrected chi connectivity index (χ4v) is 3.87. The first-order valence-corrected chi connectivity index (χ1v) is 8.49. The number of aromatic nitrogens is 1. The van der Waals surface area contributed by atoms with Crippen molar-refractivity contribution in [1.29, 1.82) is 0 Å². The van der Waals surface area contributed by atoms with Crippen molar-refractivity contribution in [2.75, 3.05) is 38.6 Å². The molecule has 0 aromatic carbocycles. The van der Waals surface area contributed by atoms with Gasteiger partial charge in [0.05, 0.1) is 10.6 Å². The van der Waals surface area contributed by atoms with Crippen LogP contribution in [0.15, 0.2) is 0 Å². The molecule has 0 amide bonds. The fraction of sp³-hybridized carbons (Fsp3) is 0.750. The molecule has 0 bridgehead atoms. The Labute approximate surface area is 132 Å². The number of piperidine rings is 1. The summed E-state index contributed by atoms with van der Waals surface area (Å²) in [7, 11) is 4.28. The van der Waals surface area contributed by atoms with Crippen molar-refractivity contribution < 1.29 is 4.79 Å². The number of nitrogens with zero attached hydrogens (tertiary/aromatic N) is 3. The van der Waals surface area contributed by atoms with E-state index in [1.54, 1.807) is 0 Å². The molecule has 0 atom stereocenters. The van der Waals surface area contributed by atoms with Crippen LogP contribution in [0.5, 0.6) is 0 Å². The predicted octanol–water partition coefficient (Wildman–Crippen LogP) is 3.03. The third-order valence-electron chi connectivity index (χ3n) is 4.16. The van der Waals surface area contributed by atoms with Gasteiger partial charge in [-0.15, -0.1) is 0 Å². The van der Waals surface area contributed by atoms with Gasteiger partial charge >= 0.3 is 0 Å². The number of likely N-dealkylation sites (tertiary alicyclic amines) is 1. The Hall–Kier alpha value is -0.940. The Bertz CT molecular complexity index is 484. The highest BCUT2D eigenvalue weighted by molar-refractivity contribution is 7.17. The largest absolute Gasteiger partial charge is 0.351 e. The number of thiazole rings is 1. The lowest BCUT2D eigenvalue weighted by atomic mass is 9.91. The van der Waals surface area contributed by atoms with Gasteiger partial charge in [0.25, 0.3) is 0 Å². The number of hydrogen-bond acceptors (Lipinski definition) is 5. The van der Waals surface area contributed by atoms with E-state index in [9.17, 15) is 4.79 Å². The van der Waals surface area contributed by atoms with E-state index in [-0.39, 0.29) is 5.41 Å². The lowest BCUT2D eigenvalue weighted by Crippen LogP contribution is -2.35. The number of carbonyl (C=O) groups excluding carboxylic acids is 1. The van der Waals surface area contributed by atoms with E-state index in [2.05, 4.69) is 44.7 Å². The van der Waals surface area contributed by atoms with E-state index in [0.29, 0.717) is 0 Å². The molecule has 0 N–H and O–H groups in total. The van der Waals surface area contributed by atoms with Gasteiger partial charge in [0.1, 0.15) is 0 Å². The maximum absolute atomic E-state index is 11.3. The van der Waals surface area contributed by atoms with Crippen LogP contribution in [-0.4, -0.2) is 49.9 Å². The second-order valence-corrected chi connectivity index (χ2v) is 8.21. The molecular weight excluding hydrogens is 282 g/mol. The summed E-state index contributed by atoms with van der Waals surface area (Å²) in [6.45, 7) is 9.72. The molecule has 21 heavy (non-hydrogen) atoms. The third-order valence-corrected chi connectivity index (χ3v) is 5.25. The lowest BCUT2D eigenvalue weighted by molar-refractivity contribution is 0.112. The van der Waals surface area contributed by atoms with E-state index in [1.807, 2.05) is 0 Å². The second kappa shape index (κ2) is 6.44. The van der Waals surface area contributed by atoms with Gasteiger partial charge in [-0.05, 0) is 38.9 Å². The van der Waals surface area contributed by atoms with E-state index in [4.69, 9.17) is 4.98 Å². The monoisotopic (exact) mass is 309 g/mol. The molecule has 0 unspecified atom stereocenters. The van der Waals surface area contributed by atoms with Gasteiger partial charge in [0.2, 0.25) is 0 Å². The van der Waals surface area contributed by atoms with Crippen LogP contribution in [0.4, 0.5) is 5.13 Å². The number of hydrogen-bond donors (Lipinski definition) is 0. The summed E-state index contributed by atoms with van der Waals surface area (Å²) in [5.41, 5.74) is 0.840. The van der Waals surface area contributed by atoms with Crippen LogP contribution in [0.25, 0.3) is 0 Å². The molecule has 0 aliphatic carbocycles. The minimum Gasteiger partial charge on any atom is -0.351 e. The summed E-state index contributed by atoms with van der Waals surface area (Å²) in [6, 6.07) is 0. The van der Waals surface area contributed by atoms with Crippen LogP contribution in [0.3, 0.4) is 0 Å². The first-order chi connectivity index (χ1) is 9.81. The van der Waals surface area contributed by atoms with Crippen molar-refractivity contribution >= 4 is 22.8 Å². The van der Waals surface area contributed by atoms with Crippen molar-refractivity contribution in [1.82, 2.24) is 9.88 Å². The quantitative estimate of drug-likeness (QED) is 0.801. The van der Waals surface area contributed by atoms with Gasteiger partial charge in [0.15, 0.2) is 11.4 Å². The third kappa shape index (κ3) is 4.04. The van der Waals surface area contributed by atoms with Gasteiger partial charge in [0, 0.05) is 19.0 Å². The Morgan fingerprint density at radius 1 is 1.38 bits per heavy atom.